The maximum Gasteiger partial charge on any atom is 0.404 e. The molecule has 112 valence electrons. The molecule has 0 spiro atoms. The Balaban J connectivity index is 2.07. The van der Waals surface area contributed by atoms with E-state index in [4.69, 9.17) is 15.7 Å². The Bertz CT molecular complexity index is 656. The highest BCUT2D eigenvalue weighted by molar-refractivity contribution is 7.89. The summed E-state index contributed by atoms with van der Waals surface area (Å²) in [7, 11) is -3.59. The number of nitrogens with two attached hydrogens (primary N) is 1. The summed E-state index contributed by atoms with van der Waals surface area (Å²) in [6, 6.07) is 7.71. The molecule has 1 saturated heterocycles. The molecule has 1 fully saturated rings. The Morgan fingerprint density at radius 2 is 1.86 bits per heavy atom. The van der Waals surface area contributed by atoms with Crippen molar-refractivity contribution < 1.29 is 17.9 Å². The van der Waals surface area contributed by atoms with Crippen molar-refractivity contribution in [2.24, 2.45) is 5.73 Å². The number of carbonyl (C=O) groups excluding carboxylic acids is 1. The van der Waals surface area contributed by atoms with Crippen LogP contribution in [0, 0.1) is 11.3 Å². The standard InChI is InChI=1S/C13H15N3O4S/c14-9-10-1-3-12(4-2-10)21(18,19)16-7-5-11(6-8-16)20-13(15)17/h1-4,11H,5-8H2,(H2,15,17). The third-order valence-corrected chi connectivity index (χ3v) is 5.22. The maximum absolute atomic E-state index is 12.4. The predicted molar refractivity (Wildman–Crippen MR) is 73.6 cm³/mol. The zero-order chi connectivity index (χ0) is 15.5. The van der Waals surface area contributed by atoms with E-state index < -0.39 is 16.1 Å². The molecular weight excluding hydrogens is 294 g/mol. The summed E-state index contributed by atoms with van der Waals surface area (Å²) in [6.45, 7) is 0.528. The lowest BCUT2D eigenvalue weighted by molar-refractivity contribution is 0.0741. The van der Waals surface area contributed by atoms with Gasteiger partial charge in [-0.05, 0) is 37.1 Å². The fraction of sp³-hybridized carbons (Fsp3) is 0.385. The highest BCUT2D eigenvalue weighted by Gasteiger charge is 2.30. The summed E-state index contributed by atoms with van der Waals surface area (Å²) in [6.07, 6.45) is -0.352. The van der Waals surface area contributed by atoms with Gasteiger partial charge in [0, 0.05) is 13.1 Å². The number of sulfonamides is 1. The molecule has 0 atom stereocenters. The average Bonchev–Trinajstić information content (AvgIpc) is 2.47. The monoisotopic (exact) mass is 309 g/mol. The Hall–Kier alpha value is -2.11. The van der Waals surface area contributed by atoms with Gasteiger partial charge in [-0.1, -0.05) is 0 Å². The summed E-state index contributed by atoms with van der Waals surface area (Å²) >= 11 is 0. The Morgan fingerprint density at radius 1 is 1.29 bits per heavy atom. The SMILES string of the molecule is N#Cc1ccc(S(=O)(=O)N2CCC(OC(N)=O)CC2)cc1. The molecule has 0 bridgehead atoms. The molecule has 7 nitrogen and oxygen atoms in total. The Labute approximate surface area is 123 Å². The molecule has 1 aliphatic rings. The molecular formula is C13H15N3O4S. The average molecular weight is 309 g/mol. The van der Waals surface area contributed by atoms with Crippen LogP contribution in [0.25, 0.3) is 0 Å². The highest BCUT2D eigenvalue weighted by atomic mass is 32.2. The van der Waals surface area contributed by atoms with Gasteiger partial charge in [-0.2, -0.15) is 9.57 Å². The van der Waals surface area contributed by atoms with E-state index in [-0.39, 0.29) is 24.1 Å². The van der Waals surface area contributed by atoms with Crippen LogP contribution in [0.1, 0.15) is 18.4 Å². The molecule has 1 amide bonds. The van der Waals surface area contributed by atoms with Gasteiger partial charge < -0.3 is 10.5 Å². The van der Waals surface area contributed by atoms with Gasteiger partial charge >= 0.3 is 6.09 Å². The van der Waals surface area contributed by atoms with Crippen molar-refractivity contribution in [2.45, 2.75) is 23.8 Å². The van der Waals surface area contributed by atoms with Gasteiger partial charge in [-0.3, -0.25) is 0 Å². The van der Waals surface area contributed by atoms with Gasteiger partial charge in [0.1, 0.15) is 6.10 Å². The third-order valence-electron chi connectivity index (χ3n) is 3.30. The second-order valence-corrected chi connectivity index (χ2v) is 6.61. The number of hydrogen-bond donors (Lipinski definition) is 1. The quantitative estimate of drug-likeness (QED) is 0.887. The third kappa shape index (κ3) is 3.51. The van der Waals surface area contributed by atoms with Crippen molar-refractivity contribution in [2.75, 3.05) is 13.1 Å². The van der Waals surface area contributed by atoms with Crippen LogP contribution in [0.15, 0.2) is 29.2 Å². The van der Waals surface area contributed by atoms with E-state index in [1.807, 2.05) is 6.07 Å². The van der Waals surface area contributed by atoms with E-state index in [1.54, 1.807) is 0 Å². The number of benzene rings is 1. The number of primary amides is 1. The molecule has 8 heteroatoms. The second-order valence-electron chi connectivity index (χ2n) is 4.68. The number of ether oxygens (including phenoxy) is 1. The molecule has 0 unspecified atom stereocenters. The van der Waals surface area contributed by atoms with Gasteiger partial charge in [-0.15, -0.1) is 0 Å². The van der Waals surface area contributed by atoms with E-state index in [9.17, 15) is 13.2 Å². The van der Waals surface area contributed by atoms with E-state index in [1.165, 1.54) is 28.6 Å². The lowest BCUT2D eigenvalue weighted by Crippen LogP contribution is -2.41. The molecule has 0 saturated carbocycles. The highest BCUT2D eigenvalue weighted by Crippen LogP contribution is 2.22. The minimum absolute atomic E-state index is 0.149. The summed E-state index contributed by atoms with van der Waals surface area (Å²) in [5.41, 5.74) is 5.35. The largest absolute Gasteiger partial charge is 0.446 e. The van der Waals surface area contributed by atoms with Crippen molar-refractivity contribution in [1.29, 1.82) is 5.26 Å². The van der Waals surface area contributed by atoms with Crippen molar-refractivity contribution in [3.05, 3.63) is 29.8 Å². The van der Waals surface area contributed by atoms with Crippen LogP contribution in [-0.2, 0) is 14.8 Å². The lowest BCUT2D eigenvalue weighted by Gasteiger charge is -2.30. The van der Waals surface area contributed by atoms with Crippen molar-refractivity contribution in [1.82, 2.24) is 4.31 Å². The lowest BCUT2D eigenvalue weighted by atomic mass is 10.1. The van der Waals surface area contributed by atoms with Crippen molar-refractivity contribution >= 4 is 16.1 Å². The van der Waals surface area contributed by atoms with Crippen molar-refractivity contribution in [3.63, 3.8) is 0 Å². The van der Waals surface area contributed by atoms with Gasteiger partial charge in [0.2, 0.25) is 10.0 Å². The molecule has 1 aromatic rings. The zero-order valence-electron chi connectivity index (χ0n) is 11.2. The molecule has 0 radical (unpaired) electrons. The first kappa shape index (κ1) is 15.3. The normalized spacial score (nSPS) is 17.1. The molecule has 2 rings (SSSR count). The smallest absolute Gasteiger partial charge is 0.404 e. The van der Waals surface area contributed by atoms with Crippen LogP contribution in [0.5, 0.6) is 0 Å². The first-order chi connectivity index (χ1) is 9.93. The number of amides is 1. The first-order valence-electron chi connectivity index (χ1n) is 6.40. The topological polar surface area (TPSA) is 113 Å². The van der Waals surface area contributed by atoms with Crippen LogP contribution < -0.4 is 5.73 Å². The Kier molecular flexibility index (Phi) is 4.45. The van der Waals surface area contributed by atoms with Crippen LogP contribution >= 0.6 is 0 Å². The van der Waals surface area contributed by atoms with Crippen molar-refractivity contribution in [3.8, 4) is 6.07 Å². The predicted octanol–water partition coefficient (Wildman–Crippen LogP) is 0.807. The van der Waals surface area contributed by atoms with Gasteiger partial charge in [-0.25, -0.2) is 13.2 Å². The summed E-state index contributed by atoms with van der Waals surface area (Å²) in [5, 5.41) is 8.72. The first-order valence-corrected chi connectivity index (χ1v) is 7.84. The molecule has 0 aromatic heterocycles. The fourth-order valence-electron chi connectivity index (χ4n) is 2.21. The van der Waals surface area contributed by atoms with Crippen LogP contribution in [0.3, 0.4) is 0 Å². The number of carbonyl (C=O) groups is 1. The van der Waals surface area contributed by atoms with E-state index in [2.05, 4.69) is 0 Å². The Morgan fingerprint density at radius 3 is 2.33 bits per heavy atom. The number of nitriles is 1. The van der Waals surface area contributed by atoms with Gasteiger partial charge in [0.25, 0.3) is 0 Å². The van der Waals surface area contributed by atoms with Crippen LogP contribution in [0.2, 0.25) is 0 Å². The van der Waals surface area contributed by atoms with Gasteiger partial charge in [0.15, 0.2) is 0 Å². The summed E-state index contributed by atoms with van der Waals surface area (Å²) in [5.74, 6) is 0. The molecule has 1 heterocycles. The summed E-state index contributed by atoms with van der Waals surface area (Å²) < 4.78 is 31.1. The molecule has 1 aromatic carbocycles. The molecule has 2 N–H and O–H groups in total. The van der Waals surface area contributed by atoms with Crippen LogP contribution in [-0.4, -0.2) is 38.0 Å². The second kappa shape index (κ2) is 6.11. The van der Waals surface area contributed by atoms with E-state index >= 15 is 0 Å². The molecule has 21 heavy (non-hydrogen) atoms. The van der Waals surface area contributed by atoms with Gasteiger partial charge in [0.05, 0.1) is 16.5 Å². The maximum atomic E-state index is 12.4. The number of nitrogens with zero attached hydrogens (tertiary/aromatic N) is 2. The molecule has 1 aliphatic heterocycles. The minimum atomic E-state index is -3.59. The van der Waals surface area contributed by atoms with Crippen LogP contribution in [0.4, 0.5) is 4.79 Å². The summed E-state index contributed by atoms with van der Waals surface area (Å²) in [4.78, 5) is 10.8. The fourth-order valence-corrected chi connectivity index (χ4v) is 3.67. The zero-order valence-corrected chi connectivity index (χ0v) is 12.0. The minimum Gasteiger partial charge on any atom is -0.446 e. The number of piperidine rings is 1. The number of rotatable bonds is 3. The number of hydrogen-bond acceptors (Lipinski definition) is 5. The van der Waals surface area contributed by atoms with E-state index in [0.29, 0.717) is 18.4 Å². The molecule has 0 aliphatic carbocycles. The van der Waals surface area contributed by atoms with E-state index in [0.717, 1.165) is 0 Å².